The number of nitrogens with zero attached hydrogens (tertiary/aromatic N) is 4. The maximum absolute atomic E-state index is 15.7. The van der Waals surface area contributed by atoms with Crippen LogP contribution < -0.4 is 0 Å². The second kappa shape index (κ2) is 6.93. The van der Waals surface area contributed by atoms with Gasteiger partial charge in [0.15, 0.2) is 5.60 Å². The van der Waals surface area contributed by atoms with Crippen LogP contribution in [0.4, 0.5) is 17.6 Å². The number of alkyl halides is 2. The highest BCUT2D eigenvalue weighted by Gasteiger charge is 2.57. The molecule has 0 saturated heterocycles. The fraction of sp³-hybridized carbons (Fsp3) is 0.150. The highest BCUT2D eigenvalue weighted by Crippen LogP contribution is 2.47. The van der Waals surface area contributed by atoms with Crippen molar-refractivity contribution >= 4 is 10.9 Å². The molecule has 2 aromatic heterocycles. The SMILES string of the molecule is O[C@@](Cn1cncn1)(c1ccc(F)cc1F)C(F)(F)c1ccc2ccccc2n1. The number of pyridine rings is 1. The molecule has 4 rings (SSSR count). The average Bonchev–Trinajstić information content (AvgIpc) is 3.20. The molecule has 0 saturated carbocycles. The first-order valence-corrected chi connectivity index (χ1v) is 8.56. The Balaban J connectivity index is 1.90. The van der Waals surface area contributed by atoms with E-state index in [9.17, 15) is 13.9 Å². The maximum Gasteiger partial charge on any atom is 0.323 e. The van der Waals surface area contributed by atoms with Crippen molar-refractivity contribution in [2.24, 2.45) is 0 Å². The summed E-state index contributed by atoms with van der Waals surface area (Å²) in [4.78, 5) is 7.62. The monoisotopic (exact) mass is 402 g/mol. The summed E-state index contributed by atoms with van der Waals surface area (Å²) in [6.07, 6.45) is 2.20. The molecule has 0 aliphatic carbocycles. The van der Waals surface area contributed by atoms with Crippen molar-refractivity contribution in [1.29, 1.82) is 0 Å². The Morgan fingerprint density at radius 3 is 2.52 bits per heavy atom. The molecular weight excluding hydrogens is 388 g/mol. The number of aromatic nitrogens is 4. The van der Waals surface area contributed by atoms with Gasteiger partial charge in [-0.1, -0.05) is 24.3 Å². The molecule has 1 atom stereocenters. The minimum Gasteiger partial charge on any atom is -0.377 e. The molecule has 0 spiro atoms. The van der Waals surface area contributed by atoms with Crippen LogP contribution in [-0.2, 0) is 18.1 Å². The van der Waals surface area contributed by atoms with E-state index in [4.69, 9.17) is 0 Å². The van der Waals surface area contributed by atoms with Gasteiger partial charge in [-0.3, -0.25) is 0 Å². The van der Waals surface area contributed by atoms with Crippen molar-refractivity contribution in [2.75, 3.05) is 0 Å². The minimum absolute atomic E-state index is 0.285. The van der Waals surface area contributed by atoms with E-state index in [1.807, 2.05) is 0 Å². The van der Waals surface area contributed by atoms with Crippen LogP contribution in [0, 0.1) is 11.6 Å². The van der Waals surface area contributed by atoms with Gasteiger partial charge in [0.1, 0.15) is 30.0 Å². The Kier molecular flexibility index (Phi) is 4.54. The summed E-state index contributed by atoms with van der Waals surface area (Å²) >= 11 is 0. The van der Waals surface area contributed by atoms with Crippen LogP contribution in [-0.4, -0.2) is 24.9 Å². The van der Waals surface area contributed by atoms with Gasteiger partial charge >= 0.3 is 5.92 Å². The molecule has 0 fully saturated rings. The molecule has 0 unspecified atom stereocenters. The van der Waals surface area contributed by atoms with Crippen LogP contribution in [0.25, 0.3) is 10.9 Å². The molecule has 9 heteroatoms. The number of hydrogen-bond donors (Lipinski definition) is 1. The average molecular weight is 402 g/mol. The Morgan fingerprint density at radius 1 is 1.00 bits per heavy atom. The van der Waals surface area contributed by atoms with Gasteiger partial charge in [0.25, 0.3) is 0 Å². The van der Waals surface area contributed by atoms with Gasteiger partial charge < -0.3 is 5.11 Å². The lowest BCUT2D eigenvalue weighted by molar-refractivity contribution is -0.207. The lowest BCUT2D eigenvalue weighted by Gasteiger charge is -2.36. The number of fused-ring (bicyclic) bond motifs is 1. The Labute approximate surface area is 162 Å². The lowest BCUT2D eigenvalue weighted by atomic mass is 9.84. The standard InChI is InChI=1S/C20H14F4N4O/c21-14-6-7-15(16(22)9-14)19(29,10-28-12-25-11-26-28)20(23,24)18-8-5-13-3-1-2-4-17(13)27-18/h1-9,11-12,29H,10H2/t19-/m0/s1. The Bertz CT molecular complexity index is 1170. The topological polar surface area (TPSA) is 63.8 Å². The summed E-state index contributed by atoms with van der Waals surface area (Å²) in [6, 6.07) is 11.1. The third-order valence-electron chi connectivity index (χ3n) is 4.67. The van der Waals surface area contributed by atoms with Crippen LogP contribution in [0.15, 0.2) is 67.3 Å². The van der Waals surface area contributed by atoms with Gasteiger partial charge in [0.2, 0.25) is 0 Å². The van der Waals surface area contributed by atoms with Crippen molar-refractivity contribution < 1.29 is 22.7 Å². The molecule has 0 aliphatic rings. The van der Waals surface area contributed by atoms with Gasteiger partial charge in [-0.25, -0.2) is 23.4 Å². The highest BCUT2D eigenvalue weighted by molar-refractivity contribution is 5.78. The van der Waals surface area contributed by atoms with Crippen LogP contribution in [0.3, 0.4) is 0 Å². The molecule has 0 amide bonds. The van der Waals surface area contributed by atoms with E-state index in [0.717, 1.165) is 35.5 Å². The molecular formula is C20H14F4N4O. The van der Waals surface area contributed by atoms with Crippen molar-refractivity contribution in [3.8, 4) is 0 Å². The third kappa shape index (κ3) is 3.23. The first-order chi connectivity index (χ1) is 13.8. The van der Waals surface area contributed by atoms with Gasteiger partial charge in [-0.05, 0) is 24.3 Å². The van der Waals surface area contributed by atoms with Crippen molar-refractivity contribution in [3.63, 3.8) is 0 Å². The molecule has 0 radical (unpaired) electrons. The quantitative estimate of drug-likeness (QED) is 0.516. The largest absolute Gasteiger partial charge is 0.377 e. The van der Waals surface area contributed by atoms with Gasteiger partial charge in [-0.15, -0.1) is 0 Å². The summed E-state index contributed by atoms with van der Waals surface area (Å²) in [7, 11) is 0. The van der Waals surface area contributed by atoms with E-state index in [2.05, 4.69) is 15.1 Å². The summed E-state index contributed by atoms with van der Waals surface area (Å²) in [5.74, 6) is -6.32. The van der Waals surface area contributed by atoms with Gasteiger partial charge in [0, 0.05) is 17.0 Å². The molecule has 5 nitrogen and oxygen atoms in total. The number of hydrogen-bond acceptors (Lipinski definition) is 4. The van der Waals surface area contributed by atoms with E-state index in [-0.39, 0.29) is 5.52 Å². The fourth-order valence-corrected chi connectivity index (χ4v) is 3.18. The summed E-state index contributed by atoms with van der Waals surface area (Å²) in [5.41, 5.74) is -4.38. The molecule has 4 aromatic rings. The number of aliphatic hydroxyl groups is 1. The normalized spacial score (nSPS) is 14.1. The number of benzene rings is 2. The van der Waals surface area contributed by atoms with Crippen LogP contribution in [0.1, 0.15) is 11.3 Å². The minimum atomic E-state index is -4.05. The first kappa shape index (κ1) is 19.0. The van der Waals surface area contributed by atoms with Crippen LogP contribution >= 0.6 is 0 Å². The molecule has 1 N–H and O–H groups in total. The van der Waals surface area contributed by atoms with Crippen molar-refractivity contribution in [1.82, 2.24) is 19.7 Å². The maximum atomic E-state index is 15.7. The lowest BCUT2D eigenvalue weighted by Crippen LogP contribution is -2.48. The van der Waals surface area contributed by atoms with Crippen molar-refractivity contribution in [3.05, 3.63) is 90.1 Å². The second-order valence-corrected chi connectivity index (χ2v) is 6.54. The molecule has 2 aromatic carbocycles. The number of rotatable bonds is 5. The van der Waals surface area contributed by atoms with E-state index in [1.165, 1.54) is 6.07 Å². The predicted octanol–water partition coefficient (Wildman–Crippen LogP) is 3.78. The van der Waals surface area contributed by atoms with Crippen LogP contribution in [0.5, 0.6) is 0 Å². The Morgan fingerprint density at radius 2 is 1.79 bits per heavy atom. The van der Waals surface area contributed by atoms with E-state index < -0.39 is 41.0 Å². The van der Waals surface area contributed by atoms with E-state index in [0.29, 0.717) is 11.5 Å². The molecule has 0 aliphatic heterocycles. The Hall–Kier alpha value is -3.33. The number of halogens is 4. The van der Waals surface area contributed by atoms with Crippen molar-refractivity contribution in [2.45, 2.75) is 18.1 Å². The smallest absolute Gasteiger partial charge is 0.323 e. The van der Waals surface area contributed by atoms with E-state index in [1.54, 1.807) is 24.3 Å². The molecule has 148 valence electrons. The molecule has 2 heterocycles. The zero-order chi connectivity index (χ0) is 20.6. The van der Waals surface area contributed by atoms with Gasteiger partial charge in [-0.2, -0.15) is 13.9 Å². The summed E-state index contributed by atoms with van der Waals surface area (Å²) in [6.45, 7) is -0.836. The zero-order valence-electron chi connectivity index (χ0n) is 14.8. The number of para-hydroxylation sites is 1. The molecule has 29 heavy (non-hydrogen) atoms. The van der Waals surface area contributed by atoms with E-state index >= 15 is 8.78 Å². The third-order valence-corrected chi connectivity index (χ3v) is 4.67. The van der Waals surface area contributed by atoms with Crippen LogP contribution in [0.2, 0.25) is 0 Å². The summed E-state index contributed by atoms with van der Waals surface area (Å²) in [5, 5.41) is 15.5. The van der Waals surface area contributed by atoms with Gasteiger partial charge in [0.05, 0.1) is 12.1 Å². The fourth-order valence-electron chi connectivity index (χ4n) is 3.18. The zero-order valence-corrected chi connectivity index (χ0v) is 14.8. The highest BCUT2D eigenvalue weighted by atomic mass is 19.3. The second-order valence-electron chi connectivity index (χ2n) is 6.54. The molecule has 0 bridgehead atoms. The first-order valence-electron chi connectivity index (χ1n) is 8.56. The predicted molar refractivity (Wildman–Crippen MR) is 95.9 cm³/mol. The summed E-state index contributed by atoms with van der Waals surface area (Å²) < 4.78 is 60.1.